The van der Waals surface area contributed by atoms with Crippen molar-refractivity contribution in [2.24, 2.45) is 0 Å². The SMILES string of the molecule is CCNC(=O)c1cccc(NC(=O)CCc2cccc(N)c2)c1. The predicted octanol–water partition coefficient (Wildman–Crippen LogP) is 2.59. The summed E-state index contributed by atoms with van der Waals surface area (Å²) in [5.41, 5.74) is 8.58. The van der Waals surface area contributed by atoms with Crippen molar-refractivity contribution in [3.05, 3.63) is 59.7 Å². The topological polar surface area (TPSA) is 84.2 Å². The van der Waals surface area contributed by atoms with Crippen LogP contribution in [0, 0.1) is 0 Å². The van der Waals surface area contributed by atoms with Gasteiger partial charge in [-0.05, 0) is 49.2 Å². The van der Waals surface area contributed by atoms with Crippen LogP contribution in [0.2, 0.25) is 0 Å². The highest BCUT2D eigenvalue weighted by molar-refractivity contribution is 5.97. The lowest BCUT2D eigenvalue weighted by Gasteiger charge is -2.08. The van der Waals surface area contributed by atoms with Crippen molar-refractivity contribution in [3.8, 4) is 0 Å². The van der Waals surface area contributed by atoms with E-state index in [0.717, 1.165) is 5.56 Å². The second-order valence-electron chi connectivity index (χ2n) is 5.23. The molecule has 0 aliphatic carbocycles. The van der Waals surface area contributed by atoms with Crippen LogP contribution < -0.4 is 16.4 Å². The van der Waals surface area contributed by atoms with Crippen LogP contribution in [-0.4, -0.2) is 18.4 Å². The van der Waals surface area contributed by atoms with E-state index in [4.69, 9.17) is 5.73 Å². The van der Waals surface area contributed by atoms with Crippen molar-refractivity contribution in [3.63, 3.8) is 0 Å². The Morgan fingerprint density at radius 3 is 2.61 bits per heavy atom. The molecular weight excluding hydrogens is 290 g/mol. The summed E-state index contributed by atoms with van der Waals surface area (Å²) in [5, 5.41) is 5.54. The molecule has 0 spiro atoms. The van der Waals surface area contributed by atoms with Crippen LogP contribution in [0.5, 0.6) is 0 Å². The van der Waals surface area contributed by atoms with Crippen LogP contribution in [0.15, 0.2) is 48.5 Å². The summed E-state index contributed by atoms with van der Waals surface area (Å²) >= 11 is 0. The Labute approximate surface area is 135 Å². The molecule has 0 radical (unpaired) electrons. The van der Waals surface area contributed by atoms with E-state index in [1.807, 2.05) is 31.2 Å². The fourth-order valence-corrected chi connectivity index (χ4v) is 2.23. The van der Waals surface area contributed by atoms with Crippen molar-refractivity contribution < 1.29 is 9.59 Å². The van der Waals surface area contributed by atoms with Gasteiger partial charge in [-0.2, -0.15) is 0 Å². The third kappa shape index (κ3) is 5.14. The summed E-state index contributed by atoms with van der Waals surface area (Å²) in [6, 6.07) is 14.4. The molecule has 0 aliphatic rings. The molecule has 2 rings (SSSR count). The van der Waals surface area contributed by atoms with Gasteiger partial charge in [0.05, 0.1) is 0 Å². The number of hydrogen-bond donors (Lipinski definition) is 3. The van der Waals surface area contributed by atoms with Gasteiger partial charge in [-0.25, -0.2) is 0 Å². The van der Waals surface area contributed by atoms with Crippen molar-refractivity contribution in [1.82, 2.24) is 5.32 Å². The molecule has 4 N–H and O–H groups in total. The Morgan fingerprint density at radius 2 is 1.87 bits per heavy atom. The molecule has 23 heavy (non-hydrogen) atoms. The molecule has 2 amide bonds. The molecule has 0 saturated carbocycles. The number of aryl methyl sites for hydroxylation is 1. The van der Waals surface area contributed by atoms with Crippen LogP contribution in [0.4, 0.5) is 11.4 Å². The molecule has 120 valence electrons. The maximum Gasteiger partial charge on any atom is 0.251 e. The lowest BCUT2D eigenvalue weighted by Crippen LogP contribution is -2.22. The summed E-state index contributed by atoms with van der Waals surface area (Å²) in [6.07, 6.45) is 0.974. The molecule has 0 aliphatic heterocycles. The number of anilines is 2. The number of carbonyl (C=O) groups is 2. The highest BCUT2D eigenvalue weighted by Crippen LogP contribution is 2.13. The van der Waals surface area contributed by atoms with Gasteiger partial charge in [0.25, 0.3) is 5.91 Å². The summed E-state index contributed by atoms with van der Waals surface area (Å²) in [6.45, 7) is 2.43. The first-order valence-corrected chi connectivity index (χ1v) is 7.61. The molecule has 0 heterocycles. The minimum Gasteiger partial charge on any atom is -0.399 e. The van der Waals surface area contributed by atoms with Crippen LogP contribution in [0.25, 0.3) is 0 Å². The Morgan fingerprint density at radius 1 is 1.09 bits per heavy atom. The lowest BCUT2D eigenvalue weighted by molar-refractivity contribution is -0.116. The van der Waals surface area contributed by atoms with E-state index in [-0.39, 0.29) is 11.8 Å². The summed E-state index contributed by atoms with van der Waals surface area (Å²) in [5.74, 6) is -0.246. The molecule has 0 atom stereocenters. The fourth-order valence-electron chi connectivity index (χ4n) is 2.23. The first kappa shape index (κ1) is 16.5. The first-order chi connectivity index (χ1) is 11.1. The van der Waals surface area contributed by atoms with Crippen molar-refractivity contribution >= 4 is 23.2 Å². The maximum atomic E-state index is 12.0. The third-order valence-corrected chi connectivity index (χ3v) is 3.34. The monoisotopic (exact) mass is 311 g/mol. The molecule has 0 fully saturated rings. The smallest absolute Gasteiger partial charge is 0.251 e. The normalized spacial score (nSPS) is 10.1. The van der Waals surface area contributed by atoms with Gasteiger partial charge in [-0.1, -0.05) is 18.2 Å². The van der Waals surface area contributed by atoms with E-state index >= 15 is 0 Å². The van der Waals surface area contributed by atoms with Crippen LogP contribution in [0.3, 0.4) is 0 Å². The van der Waals surface area contributed by atoms with Gasteiger partial charge in [-0.3, -0.25) is 9.59 Å². The zero-order valence-electron chi connectivity index (χ0n) is 13.1. The standard InChI is InChI=1S/C18H21N3O2/c1-2-20-18(23)14-6-4-8-16(12-14)21-17(22)10-9-13-5-3-7-15(19)11-13/h3-8,11-12H,2,9-10,19H2,1H3,(H,20,23)(H,21,22). The second-order valence-corrected chi connectivity index (χ2v) is 5.23. The molecule has 5 nitrogen and oxygen atoms in total. The largest absolute Gasteiger partial charge is 0.399 e. The molecule has 0 bridgehead atoms. The second kappa shape index (κ2) is 7.98. The summed E-state index contributed by atoms with van der Waals surface area (Å²) in [7, 11) is 0. The van der Waals surface area contributed by atoms with Gasteiger partial charge in [0.2, 0.25) is 5.91 Å². The Kier molecular flexibility index (Phi) is 5.74. The van der Waals surface area contributed by atoms with E-state index < -0.39 is 0 Å². The van der Waals surface area contributed by atoms with Crippen molar-refractivity contribution in [2.45, 2.75) is 19.8 Å². The number of benzene rings is 2. The summed E-state index contributed by atoms with van der Waals surface area (Å²) < 4.78 is 0. The van der Waals surface area contributed by atoms with Gasteiger partial charge in [-0.15, -0.1) is 0 Å². The molecule has 5 heteroatoms. The van der Waals surface area contributed by atoms with Gasteiger partial charge < -0.3 is 16.4 Å². The number of rotatable bonds is 6. The predicted molar refractivity (Wildman–Crippen MR) is 92.3 cm³/mol. The van der Waals surface area contributed by atoms with Gasteiger partial charge in [0.1, 0.15) is 0 Å². The molecular formula is C18H21N3O2. The number of nitrogens with two attached hydrogens (primary N) is 1. The molecule has 0 aromatic heterocycles. The number of carbonyl (C=O) groups excluding carboxylic acids is 2. The minimum atomic E-state index is -0.150. The number of nitrogen functional groups attached to an aromatic ring is 1. The number of amides is 2. The molecule has 2 aromatic carbocycles. The fraction of sp³-hybridized carbons (Fsp3) is 0.222. The van der Waals surface area contributed by atoms with Crippen LogP contribution in [0.1, 0.15) is 29.3 Å². The minimum absolute atomic E-state index is 0.0968. The van der Waals surface area contributed by atoms with E-state index in [1.165, 1.54) is 0 Å². The molecule has 0 unspecified atom stereocenters. The first-order valence-electron chi connectivity index (χ1n) is 7.61. The average Bonchev–Trinajstić information content (AvgIpc) is 2.53. The van der Waals surface area contributed by atoms with Gasteiger partial charge >= 0.3 is 0 Å². The van der Waals surface area contributed by atoms with Crippen molar-refractivity contribution in [1.29, 1.82) is 0 Å². The van der Waals surface area contributed by atoms with Crippen molar-refractivity contribution in [2.75, 3.05) is 17.6 Å². The zero-order valence-corrected chi connectivity index (χ0v) is 13.1. The maximum absolute atomic E-state index is 12.0. The quantitative estimate of drug-likeness (QED) is 0.717. The summed E-state index contributed by atoms with van der Waals surface area (Å²) in [4.78, 5) is 23.8. The van der Waals surface area contributed by atoms with Gasteiger partial charge in [0.15, 0.2) is 0 Å². The van der Waals surface area contributed by atoms with Gasteiger partial charge in [0, 0.05) is 29.9 Å². The van der Waals surface area contributed by atoms with E-state index in [0.29, 0.717) is 36.3 Å². The Balaban J connectivity index is 1.92. The Hall–Kier alpha value is -2.82. The van der Waals surface area contributed by atoms with E-state index in [2.05, 4.69) is 10.6 Å². The third-order valence-electron chi connectivity index (χ3n) is 3.34. The van der Waals surface area contributed by atoms with Crippen LogP contribution in [-0.2, 0) is 11.2 Å². The van der Waals surface area contributed by atoms with Crippen LogP contribution >= 0.6 is 0 Å². The Bertz CT molecular complexity index is 698. The average molecular weight is 311 g/mol. The number of nitrogens with one attached hydrogen (secondary N) is 2. The highest BCUT2D eigenvalue weighted by Gasteiger charge is 2.07. The highest BCUT2D eigenvalue weighted by atomic mass is 16.2. The number of hydrogen-bond acceptors (Lipinski definition) is 3. The molecule has 0 saturated heterocycles. The van der Waals surface area contributed by atoms with E-state index in [9.17, 15) is 9.59 Å². The zero-order chi connectivity index (χ0) is 16.7. The molecule has 2 aromatic rings. The van der Waals surface area contributed by atoms with E-state index in [1.54, 1.807) is 24.3 Å². The lowest BCUT2D eigenvalue weighted by atomic mass is 10.1.